The van der Waals surface area contributed by atoms with Crippen LogP contribution in [0.4, 0.5) is 5.69 Å². The Morgan fingerprint density at radius 3 is 2.28 bits per heavy atom. The number of nitrogens with one attached hydrogen (secondary N) is 2. The lowest BCUT2D eigenvalue weighted by Crippen LogP contribution is -2.25. The minimum Gasteiger partial charge on any atom is -0.348 e. The van der Waals surface area contributed by atoms with E-state index < -0.39 is 10.0 Å². The molecule has 3 aromatic rings. The summed E-state index contributed by atoms with van der Waals surface area (Å²) in [6.07, 6.45) is 0. The number of carbonyl (C=O) groups excluding carboxylic acids is 1. The molecule has 0 heterocycles. The summed E-state index contributed by atoms with van der Waals surface area (Å²) in [5.74, 6) is -0.385. The maximum absolute atomic E-state index is 12.7. The second-order valence-corrected chi connectivity index (χ2v) is 8.14. The molecule has 0 saturated heterocycles. The number of nitriles is 1. The van der Waals surface area contributed by atoms with Gasteiger partial charge in [0.15, 0.2) is 0 Å². The summed E-state index contributed by atoms with van der Waals surface area (Å²) in [6.45, 7) is 2.31. The van der Waals surface area contributed by atoms with Gasteiger partial charge in [0.1, 0.15) is 0 Å². The van der Waals surface area contributed by atoms with Gasteiger partial charge in [-0.25, -0.2) is 8.42 Å². The molecule has 3 aromatic carbocycles. The number of hydrogen-bond acceptors (Lipinski definition) is 4. The highest BCUT2D eigenvalue weighted by molar-refractivity contribution is 7.92. The van der Waals surface area contributed by atoms with Crippen LogP contribution in [0.5, 0.6) is 0 Å². The zero-order valence-corrected chi connectivity index (χ0v) is 16.5. The van der Waals surface area contributed by atoms with Crippen LogP contribution in [0.3, 0.4) is 0 Å². The van der Waals surface area contributed by atoms with Crippen LogP contribution in [0.2, 0.25) is 0 Å². The van der Waals surface area contributed by atoms with E-state index >= 15 is 0 Å². The standard InChI is InChI=1S/C22H19N3O3S/c1-16-6-8-18(9-7-16)15-24-22(26)20-4-2-3-5-21(20)25-29(27,28)19-12-10-17(14-23)11-13-19/h2-13,25H,15H2,1H3,(H,24,26). The van der Waals surface area contributed by atoms with Gasteiger partial charge in [-0.1, -0.05) is 42.0 Å². The Labute approximate surface area is 169 Å². The second kappa shape index (κ2) is 8.59. The first-order chi connectivity index (χ1) is 13.9. The van der Waals surface area contributed by atoms with Gasteiger partial charge in [0.25, 0.3) is 15.9 Å². The topological polar surface area (TPSA) is 99.1 Å². The molecule has 3 rings (SSSR count). The molecule has 0 aliphatic carbocycles. The van der Waals surface area contributed by atoms with Crippen LogP contribution < -0.4 is 10.0 Å². The Hall–Kier alpha value is -3.63. The molecule has 0 fully saturated rings. The summed E-state index contributed by atoms with van der Waals surface area (Å²) in [5, 5.41) is 11.7. The number of carbonyl (C=O) groups is 1. The van der Waals surface area contributed by atoms with E-state index in [4.69, 9.17) is 5.26 Å². The lowest BCUT2D eigenvalue weighted by atomic mass is 10.1. The highest BCUT2D eigenvalue weighted by Gasteiger charge is 2.18. The average Bonchev–Trinajstić information content (AvgIpc) is 2.73. The molecule has 1 amide bonds. The third-order valence-corrected chi connectivity index (χ3v) is 5.66. The summed E-state index contributed by atoms with van der Waals surface area (Å²) < 4.78 is 27.8. The van der Waals surface area contributed by atoms with E-state index in [2.05, 4.69) is 10.0 Å². The lowest BCUT2D eigenvalue weighted by molar-refractivity contribution is 0.0952. The molecule has 0 atom stereocenters. The summed E-state index contributed by atoms with van der Waals surface area (Å²) in [4.78, 5) is 12.6. The van der Waals surface area contributed by atoms with Crippen LogP contribution in [-0.4, -0.2) is 14.3 Å². The third kappa shape index (κ3) is 5.00. The molecule has 0 aliphatic heterocycles. The number of sulfonamides is 1. The maximum atomic E-state index is 12.7. The zero-order chi connectivity index (χ0) is 20.9. The zero-order valence-electron chi connectivity index (χ0n) is 15.7. The van der Waals surface area contributed by atoms with Crippen molar-refractivity contribution in [2.75, 3.05) is 4.72 Å². The van der Waals surface area contributed by atoms with Crippen molar-refractivity contribution in [1.29, 1.82) is 5.26 Å². The van der Waals surface area contributed by atoms with Crippen molar-refractivity contribution in [3.63, 3.8) is 0 Å². The Morgan fingerprint density at radius 1 is 0.966 bits per heavy atom. The van der Waals surface area contributed by atoms with Crippen LogP contribution in [-0.2, 0) is 16.6 Å². The molecule has 0 unspecified atom stereocenters. The highest BCUT2D eigenvalue weighted by atomic mass is 32.2. The molecule has 0 spiro atoms. The molecule has 0 aliphatic rings. The predicted molar refractivity (Wildman–Crippen MR) is 111 cm³/mol. The van der Waals surface area contributed by atoms with Crippen molar-refractivity contribution in [3.05, 3.63) is 95.1 Å². The van der Waals surface area contributed by atoms with Crippen LogP contribution in [0.25, 0.3) is 0 Å². The van der Waals surface area contributed by atoms with E-state index in [1.54, 1.807) is 18.2 Å². The Kier molecular flexibility index (Phi) is 5.96. The first-order valence-electron chi connectivity index (χ1n) is 8.85. The number of nitrogens with zero attached hydrogens (tertiary/aromatic N) is 1. The highest BCUT2D eigenvalue weighted by Crippen LogP contribution is 2.20. The Morgan fingerprint density at radius 2 is 1.62 bits per heavy atom. The van der Waals surface area contributed by atoms with Crippen molar-refractivity contribution in [3.8, 4) is 6.07 Å². The number of hydrogen-bond donors (Lipinski definition) is 2. The number of amides is 1. The molecule has 0 radical (unpaired) electrons. The predicted octanol–water partition coefficient (Wildman–Crippen LogP) is 3.60. The molecule has 0 saturated carbocycles. The summed E-state index contributed by atoms with van der Waals surface area (Å²) in [6, 6.07) is 21.7. The fourth-order valence-corrected chi connectivity index (χ4v) is 3.75. The van der Waals surface area contributed by atoms with Crippen LogP contribution in [0, 0.1) is 18.3 Å². The number of para-hydroxylation sites is 1. The monoisotopic (exact) mass is 405 g/mol. The number of rotatable bonds is 6. The molecule has 29 heavy (non-hydrogen) atoms. The van der Waals surface area contributed by atoms with Crippen LogP contribution in [0.15, 0.2) is 77.7 Å². The number of benzene rings is 3. The molecule has 6 nitrogen and oxygen atoms in total. The summed E-state index contributed by atoms with van der Waals surface area (Å²) in [7, 11) is -3.91. The van der Waals surface area contributed by atoms with Gasteiger partial charge < -0.3 is 5.32 Å². The minimum atomic E-state index is -3.91. The van der Waals surface area contributed by atoms with E-state index in [9.17, 15) is 13.2 Å². The minimum absolute atomic E-state index is 0.00590. The van der Waals surface area contributed by atoms with E-state index in [0.29, 0.717) is 12.1 Å². The molecule has 0 bridgehead atoms. The van der Waals surface area contributed by atoms with Gasteiger partial charge in [-0.2, -0.15) is 5.26 Å². The first-order valence-corrected chi connectivity index (χ1v) is 10.3. The average molecular weight is 405 g/mol. The van der Waals surface area contributed by atoms with Crippen LogP contribution in [0.1, 0.15) is 27.0 Å². The first kappa shape index (κ1) is 20.1. The summed E-state index contributed by atoms with van der Waals surface area (Å²) in [5.41, 5.74) is 2.83. The van der Waals surface area contributed by atoms with E-state index in [-0.39, 0.29) is 22.1 Å². The Balaban J connectivity index is 1.77. The maximum Gasteiger partial charge on any atom is 0.261 e. The number of anilines is 1. The van der Waals surface area contributed by atoms with E-state index in [1.807, 2.05) is 37.3 Å². The second-order valence-electron chi connectivity index (χ2n) is 6.46. The Bertz CT molecular complexity index is 1160. The van der Waals surface area contributed by atoms with Crippen molar-refractivity contribution in [2.24, 2.45) is 0 Å². The molecular formula is C22H19N3O3S. The molecule has 2 N–H and O–H groups in total. The van der Waals surface area contributed by atoms with Gasteiger partial charge >= 0.3 is 0 Å². The fraction of sp³-hybridized carbons (Fsp3) is 0.0909. The van der Waals surface area contributed by atoms with E-state index in [1.165, 1.54) is 30.3 Å². The van der Waals surface area contributed by atoms with Crippen molar-refractivity contribution >= 4 is 21.6 Å². The largest absolute Gasteiger partial charge is 0.348 e. The van der Waals surface area contributed by atoms with E-state index in [0.717, 1.165) is 11.1 Å². The van der Waals surface area contributed by atoms with Gasteiger partial charge in [0, 0.05) is 6.54 Å². The van der Waals surface area contributed by atoms with Gasteiger partial charge in [-0.05, 0) is 48.9 Å². The normalized spacial score (nSPS) is 10.8. The smallest absolute Gasteiger partial charge is 0.261 e. The molecule has 0 aromatic heterocycles. The number of aryl methyl sites for hydroxylation is 1. The fourth-order valence-electron chi connectivity index (χ4n) is 2.67. The van der Waals surface area contributed by atoms with Crippen LogP contribution >= 0.6 is 0 Å². The summed E-state index contributed by atoms with van der Waals surface area (Å²) >= 11 is 0. The lowest BCUT2D eigenvalue weighted by Gasteiger charge is -2.13. The van der Waals surface area contributed by atoms with Gasteiger partial charge in [-0.3, -0.25) is 9.52 Å². The SMILES string of the molecule is Cc1ccc(CNC(=O)c2ccccc2NS(=O)(=O)c2ccc(C#N)cc2)cc1. The molecule has 146 valence electrons. The quantitative estimate of drug-likeness (QED) is 0.654. The van der Waals surface area contributed by atoms with Gasteiger partial charge in [-0.15, -0.1) is 0 Å². The van der Waals surface area contributed by atoms with Gasteiger partial charge in [0.2, 0.25) is 0 Å². The molecular weight excluding hydrogens is 386 g/mol. The van der Waals surface area contributed by atoms with Crippen molar-refractivity contribution < 1.29 is 13.2 Å². The van der Waals surface area contributed by atoms with Gasteiger partial charge in [0.05, 0.1) is 27.8 Å². The molecule has 7 heteroatoms. The van der Waals surface area contributed by atoms with Crippen molar-refractivity contribution in [2.45, 2.75) is 18.4 Å². The van der Waals surface area contributed by atoms with Crippen molar-refractivity contribution in [1.82, 2.24) is 5.32 Å². The third-order valence-electron chi connectivity index (χ3n) is 4.28.